The third-order valence-corrected chi connectivity index (χ3v) is 3.95. The van der Waals surface area contributed by atoms with Gasteiger partial charge < -0.3 is 19.6 Å². The summed E-state index contributed by atoms with van der Waals surface area (Å²) in [6.45, 7) is 4.33. The molecule has 0 saturated carbocycles. The number of nitrogens with zero attached hydrogens (tertiary/aromatic N) is 4. The van der Waals surface area contributed by atoms with E-state index in [9.17, 15) is 18.0 Å². The van der Waals surface area contributed by atoms with E-state index in [0.717, 1.165) is 13.3 Å². The Labute approximate surface area is 137 Å². The summed E-state index contributed by atoms with van der Waals surface area (Å²) in [6, 6.07) is -0.315. The molecule has 0 bridgehead atoms. The van der Waals surface area contributed by atoms with Gasteiger partial charge in [0, 0.05) is 19.6 Å². The van der Waals surface area contributed by atoms with Crippen LogP contribution in [-0.4, -0.2) is 58.9 Å². The molecule has 2 rings (SSSR count). The molecule has 24 heavy (non-hydrogen) atoms. The van der Waals surface area contributed by atoms with Crippen molar-refractivity contribution in [2.75, 3.05) is 31.6 Å². The first-order valence-electron chi connectivity index (χ1n) is 7.38. The van der Waals surface area contributed by atoms with E-state index in [1.165, 1.54) is 4.90 Å². The van der Waals surface area contributed by atoms with Gasteiger partial charge in [-0.05, 0) is 5.92 Å². The van der Waals surface area contributed by atoms with Crippen LogP contribution in [0.5, 0.6) is 5.75 Å². The third kappa shape index (κ3) is 3.62. The average Bonchev–Trinajstić information content (AvgIpc) is 2.52. The van der Waals surface area contributed by atoms with Crippen molar-refractivity contribution in [2.45, 2.75) is 26.1 Å². The molecule has 134 valence electrons. The highest BCUT2D eigenvalue weighted by Gasteiger charge is 2.39. The van der Waals surface area contributed by atoms with Gasteiger partial charge in [0.15, 0.2) is 11.4 Å². The van der Waals surface area contributed by atoms with Crippen molar-refractivity contribution >= 4 is 12.0 Å². The van der Waals surface area contributed by atoms with Gasteiger partial charge in [-0.15, -0.1) is 0 Å². The number of carbonyl (C=O) groups is 1. The van der Waals surface area contributed by atoms with E-state index in [2.05, 4.69) is 14.7 Å². The third-order valence-electron chi connectivity index (χ3n) is 3.95. The van der Waals surface area contributed by atoms with Gasteiger partial charge in [-0.2, -0.15) is 13.2 Å². The second-order valence-electron chi connectivity index (χ2n) is 5.82. The summed E-state index contributed by atoms with van der Waals surface area (Å²) in [7, 11) is 1.12. The zero-order valence-corrected chi connectivity index (χ0v) is 13.5. The Morgan fingerprint density at radius 3 is 2.58 bits per heavy atom. The number of carboxylic acid groups (broad SMARTS) is 1. The topological polar surface area (TPSA) is 78.8 Å². The van der Waals surface area contributed by atoms with Crippen molar-refractivity contribution in [3.8, 4) is 5.75 Å². The molecular weight excluding hydrogens is 329 g/mol. The zero-order valence-electron chi connectivity index (χ0n) is 13.5. The molecule has 1 saturated heterocycles. The molecule has 0 spiro atoms. The first-order chi connectivity index (χ1) is 11.1. The second kappa shape index (κ2) is 6.70. The van der Waals surface area contributed by atoms with E-state index in [0.29, 0.717) is 0 Å². The van der Waals surface area contributed by atoms with Gasteiger partial charge in [-0.3, -0.25) is 0 Å². The molecule has 0 radical (unpaired) electrons. The molecule has 0 aliphatic carbocycles. The maximum Gasteiger partial charge on any atom is 0.437 e. The van der Waals surface area contributed by atoms with Gasteiger partial charge in [0.2, 0.25) is 5.95 Å². The van der Waals surface area contributed by atoms with E-state index in [1.807, 2.05) is 13.8 Å². The minimum absolute atomic E-state index is 0.00666. The highest BCUT2D eigenvalue weighted by molar-refractivity contribution is 5.65. The number of alkyl halides is 3. The first kappa shape index (κ1) is 18.1. The lowest BCUT2D eigenvalue weighted by Crippen LogP contribution is -2.57. The number of halogens is 3. The van der Waals surface area contributed by atoms with E-state index in [1.54, 1.807) is 4.90 Å². The molecule has 1 fully saturated rings. The Kier molecular flexibility index (Phi) is 5.05. The summed E-state index contributed by atoms with van der Waals surface area (Å²) in [5.41, 5.74) is -1.14. The van der Waals surface area contributed by atoms with Crippen molar-refractivity contribution in [1.29, 1.82) is 0 Å². The number of piperazine rings is 1. The number of hydrogen-bond acceptors (Lipinski definition) is 5. The van der Waals surface area contributed by atoms with E-state index in [-0.39, 0.29) is 37.5 Å². The lowest BCUT2D eigenvalue weighted by molar-refractivity contribution is -0.142. The van der Waals surface area contributed by atoms with Crippen molar-refractivity contribution in [3.63, 3.8) is 0 Å². The van der Waals surface area contributed by atoms with Crippen LogP contribution in [0, 0.1) is 5.92 Å². The predicted molar refractivity (Wildman–Crippen MR) is 79.2 cm³/mol. The number of methoxy groups -OCH3 is 1. The molecule has 7 nitrogen and oxygen atoms in total. The van der Waals surface area contributed by atoms with Crippen LogP contribution in [0.2, 0.25) is 0 Å². The molecule has 1 aromatic heterocycles. The summed E-state index contributed by atoms with van der Waals surface area (Å²) in [5, 5.41) is 9.12. The van der Waals surface area contributed by atoms with Crippen molar-refractivity contribution in [1.82, 2.24) is 14.9 Å². The normalized spacial score (nSPS) is 18.9. The van der Waals surface area contributed by atoms with Gasteiger partial charge in [0.05, 0.1) is 19.3 Å². The first-order valence-corrected chi connectivity index (χ1v) is 7.38. The maximum absolute atomic E-state index is 13.1. The van der Waals surface area contributed by atoms with Crippen molar-refractivity contribution in [2.24, 2.45) is 5.92 Å². The second-order valence-corrected chi connectivity index (χ2v) is 5.82. The van der Waals surface area contributed by atoms with Crippen LogP contribution >= 0.6 is 0 Å². The predicted octanol–water partition coefficient (Wildman–Crippen LogP) is 2.33. The molecule has 1 amide bonds. The Hall–Kier alpha value is -2.26. The molecule has 1 N–H and O–H groups in total. The monoisotopic (exact) mass is 348 g/mol. The quantitative estimate of drug-likeness (QED) is 0.903. The lowest BCUT2D eigenvalue weighted by Gasteiger charge is -2.42. The largest absolute Gasteiger partial charge is 0.493 e. The van der Waals surface area contributed by atoms with Crippen LogP contribution in [-0.2, 0) is 6.18 Å². The standard InChI is InChI=1S/C14H19F3N4O3/c1-8(2)9-7-20(13(22)23)4-5-21(9)12-18-6-10(24-3)11(19-12)14(15,16)17/h6,8-9H,4-5,7H2,1-3H3,(H,22,23). The average molecular weight is 348 g/mol. The summed E-state index contributed by atoms with van der Waals surface area (Å²) in [6.07, 6.45) is -4.72. The van der Waals surface area contributed by atoms with Crippen LogP contribution in [0.25, 0.3) is 0 Å². The summed E-state index contributed by atoms with van der Waals surface area (Å²) >= 11 is 0. The van der Waals surface area contributed by atoms with Gasteiger partial charge in [-0.25, -0.2) is 14.8 Å². The molecule has 1 atom stereocenters. The number of ether oxygens (including phenoxy) is 1. The molecule has 1 unspecified atom stereocenters. The Morgan fingerprint density at radius 2 is 2.08 bits per heavy atom. The highest BCUT2D eigenvalue weighted by atomic mass is 19.4. The Bertz CT molecular complexity index is 609. The van der Waals surface area contributed by atoms with E-state index < -0.39 is 23.7 Å². The number of rotatable bonds is 3. The number of anilines is 1. The smallest absolute Gasteiger partial charge is 0.437 e. The van der Waals surface area contributed by atoms with Crippen LogP contribution in [0.3, 0.4) is 0 Å². The van der Waals surface area contributed by atoms with Gasteiger partial charge in [0.25, 0.3) is 0 Å². The fourth-order valence-corrected chi connectivity index (χ4v) is 2.65. The van der Waals surface area contributed by atoms with E-state index >= 15 is 0 Å². The van der Waals surface area contributed by atoms with Crippen molar-refractivity contribution in [3.05, 3.63) is 11.9 Å². The minimum Gasteiger partial charge on any atom is -0.493 e. The molecule has 0 aromatic carbocycles. The lowest BCUT2D eigenvalue weighted by atomic mass is 10.00. The Balaban J connectivity index is 2.37. The van der Waals surface area contributed by atoms with Gasteiger partial charge in [-0.1, -0.05) is 13.8 Å². The maximum atomic E-state index is 13.1. The molecule has 1 aromatic rings. The summed E-state index contributed by atoms with van der Waals surface area (Å²) in [4.78, 5) is 21.6. The number of hydrogen-bond donors (Lipinski definition) is 1. The Morgan fingerprint density at radius 1 is 1.42 bits per heavy atom. The molecule has 1 aliphatic heterocycles. The van der Waals surface area contributed by atoms with Crippen LogP contribution in [0.15, 0.2) is 6.20 Å². The van der Waals surface area contributed by atoms with Gasteiger partial charge >= 0.3 is 12.3 Å². The zero-order chi connectivity index (χ0) is 18.1. The molecule has 2 heterocycles. The highest BCUT2D eigenvalue weighted by Crippen LogP contribution is 2.35. The molecular formula is C14H19F3N4O3. The summed E-state index contributed by atoms with van der Waals surface area (Å²) < 4.78 is 44.1. The number of amides is 1. The SMILES string of the molecule is COc1cnc(N2CCN(C(=O)O)CC2C(C)C)nc1C(F)(F)F. The van der Waals surface area contributed by atoms with Crippen LogP contribution < -0.4 is 9.64 Å². The van der Waals surface area contributed by atoms with Gasteiger partial charge in [0.1, 0.15) is 0 Å². The molecule has 1 aliphatic rings. The van der Waals surface area contributed by atoms with Crippen LogP contribution in [0.1, 0.15) is 19.5 Å². The fourth-order valence-electron chi connectivity index (χ4n) is 2.65. The summed E-state index contributed by atoms with van der Waals surface area (Å²) in [5.74, 6) is -0.518. The fraction of sp³-hybridized carbons (Fsp3) is 0.643. The van der Waals surface area contributed by atoms with Crippen LogP contribution in [0.4, 0.5) is 23.9 Å². The van der Waals surface area contributed by atoms with E-state index in [4.69, 9.17) is 5.11 Å². The van der Waals surface area contributed by atoms with Crippen molar-refractivity contribution < 1.29 is 27.8 Å². The number of aromatic nitrogens is 2. The minimum atomic E-state index is -4.67. The molecule has 10 heteroatoms.